The zero-order valence-corrected chi connectivity index (χ0v) is 9.73. The highest BCUT2D eigenvalue weighted by atomic mass is 32.2. The molecule has 0 heterocycles. The summed E-state index contributed by atoms with van der Waals surface area (Å²) >= 11 is 10.5. The first-order chi connectivity index (χ1) is 5.31. The maximum Gasteiger partial charge on any atom is 0.0469 e. The van der Waals surface area contributed by atoms with E-state index in [9.17, 15) is 0 Å². The Morgan fingerprint density at radius 2 is 2.00 bits per heavy atom. The van der Waals surface area contributed by atoms with Crippen LogP contribution < -0.4 is 0 Å². The van der Waals surface area contributed by atoms with Crippen LogP contribution in [0, 0.1) is 0 Å². The SMILES string of the molecule is CCC(S)SCCCCCS. The second-order valence-corrected chi connectivity index (χ2v) is 5.25. The molecule has 0 aliphatic rings. The predicted octanol–water partition coefficient (Wildman–Crippen LogP) is 3.49. The van der Waals surface area contributed by atoms with Gasteiger partial charge in [-0.3, -0.25) is 0 Å². The van der Waals surface area contributed by atoms with Gasteiger partial charge in [-0.25, -0.2) is 0 Å². The smallest absolute Gasteiger partial charge is 0.0469 e. The van der Waals surface area contributed by atoms with Gasteiger partial charge in [-0.15, -0.1) is 11.8 Å². The molecule has 0 fully saturated rings. The number of hydrogen-bond donors (Lipinski definition) is 2. The molecule has 11 heavy (non-hydrogen) atoms. The third kappa shape index (κ3) is 8.96. The van der Waals surface area contributed by atoms with E-state index in [0.717, 1.165) is 5.75 Å². The maximum absolute atomic E-state index is 4.40. The lowest BCUT2D eigenvalue weighted by atomic mass is 10.3. The van der Waals surface area contributed by atoms with E-state index in [1.54, 1.807) is 0 Å². The Hall–Kier alpha value is 1.05. The van der Waals surface area contributed by atoms with E-state index < -0.39 is 0 Å². The van der Waals surface area contributed by atoms with Crippen molar-refractivity contribution in [3.8, 4) is 0 Å². The highest BCUT2D eigenvalue weighted by Gasteiger charge is 1.98. The summed E-state index contributed by atoms with van der Waals surface area (Å²) in [4.78, 5) is 0. The van der Waals surface area contributed by atoms with Gasteiger partial charge < -0.3 is 0 Å². The van der Waals surface area contributed by atoms with Crippen molar-refractivity contribution >= 4 is 37.0 Å². The molecule has 0 rings (SSSR count). The summed E-state index contributed by atoms with van der Waals surface area (Å²) in [6, 6.07) is 0. The second-order valence-electron chi connectivity index (χ2n) is 2.52. The molecule has 68 valence electrons. The van der Waals surface area contributed by atoms with Crippen LogP contribution >= 0.6 is 37.0 Å². The van der Waals surface area contributed by atoms with E-state index in [4.69, 9.17) is 0 Å². The van der Waals surface area contributed by atoms with Crippen molar-refractivity contribution in [1.29, 1.82) is 0 Å². The van der Waals surface area contributed by atoms with Crippen LogP contribution in [-0.2, 0) is 0 Å². The van der Waals surface area contributed by atoms with Gasteiger partial charge >= 0.3 is 0 Å². The number of unbranched alkanes of at least 4 members (excludes halogenated alkanes) is 2. The lowest BCUT2D eigenvalue weighted by Crippen LogP contribution is -1.91. The molecule has 0 aliphatic carbocycles. The molecule has 0 spiro atoms. The number of thiol groups is 2. The molecule has 0 aromatic heterocycles. The summed E-state index contributed by atoms with van der Waals surface area (Å²) in [5.74, 6) is 2.29. The Balaban J connectivity index is 2.89. The van der Waals surface area contributed by atoms with Gasteiger partial charge in [-0.05, 0) is 30.8 Å². The lowest BCUT2D eigenvalue weighted by Gasteiger charge is -2.05. The number of thioether (sulfide) groups is 1. The largest absolute Gasteiger partial charge is 0.179 e. The number of hydrogen-bond acceptors (Lipinski definition) is 3. The normalized spacial score (nSPS) is 13.4. The van der Waals surface area contributed by atoms with Crippen LogP contribution in [0.2, 0.25) is 0 Å². The standard InChI is InChI=1S/C8H18S3/c1-2-8(10)11-7-5-3-4-6-9/h8-10H,2-7H2,1H3. The Labute approximate surface area is 85.7 Å². The molecule has 0 aliphatic heterocycles. The van der Waals surface area contributed by atoms with E-state index in [1.807, 2.05) is 11.8 Å². The fourth-order valence-corrected chi connectivity index (χ4v) is 2.15. The summed E-state index contributed by atoms with van der Waals surface area (Å²) in [7, 11) is 0. The van der Waals surface area contributed by atoms with Crippen molar-refractivity contribution in [1.82, 2.24) is 0 Å². The third-order valence-corrected chi connectivity index (χ3v) is 3.83. The first-order valence-electron chi connectivity index (χ1n) is 4.21. The molecule has 0 saturated carbocycles. The molecule has 0 aromatic carbocycles. The zero-order valence-electron chi connectivity index (χ0n) is 7.12. The van der Waals surface area contributed by atoms with E-state index in [2.05, 4.69) is 32.2 Å². The molecular formula is C8H18S3. The van der Waals surface area contributed by atoms with Crippen molar-refractivity contribution in [3.05, 3.63) is 0 Å². The van der Waals surface area contributed by atoms with Crippen LogP contribution in [-0.4, -0.2) is 16.1 Å². The van der Waals surface area contributed by atoms with Crippen LogP contribution in [0.15, 0.2) is 0 Å². The van der Waals surface area contributed by atoms with Crippen molar-refractivity contribution in [2.45, 2.75) is 37.2 Å². The lowest BCUT2D eigenvalue weighted by molar-refractivity contribution is 0.786. The van der Waals surface area contributed by atoms with Gasteiger partial charge in [0.25, 0.3) is 0 Å². The van der Waals surface area contributed by atoms with Crippen LogP contribution in [0.5, 0.6) is 0 Å². The molecule has 3 heteroatoms. The fourth-order valence-electron chi connectivity index (χ4n) is 0.728. The highest BCUT2D eigenvalue weighted by molar-refractivity contribution is 8.10. The quantitative estimate of drug-likeness (QED) is 0.368. The zero-order chi connectivity index (χ0) is 8.53. The predicted molar refractivity (Wildman–Crippen MR) is 63.2 cm³/mol. The van der Waals surface area contributed by atoms with Crippen LogP contribution in [0.25, 0.3) is 0 Å². The van der Waals surface area contributed by atoms with Gasteiger partial charge in [-0.2, -0.15) is 25.3 Å². The minimum absolute atomic E-state index is 0.547. The van der Waals surface area contributed by atoms with Gasteiger partial charge in [0.1, 0.15) is 0 Å². The first kappa shape index (κ1) is 12.0. The van der Waals surface area contributed by atoms with Gasteiger partial charge in [0, 0.05) is 4.58 Å². The molecule has 0 saturated heterocycles. The molecule has 1 atom stereocenters. The fraction of sp³-hybridized carbons (Fsp3) is 1.00. The molecule has 0 N–H and O–H groups in total. The summed E-state index contributed by atoms with van der Waals surface area (Å²) in [6.07, 6.45) is 5.07. The molecule has 0 radical (unpaired) electrons. The van der Waals surface area contributed by atoms with E-state index >= 15 is 0 Å². The molecule has 0 nitrogen and oxygen atoms in total. The monoisotopic (exact) mass is 210 g/mol. The van der Waals surface area contributed by atoms with Gasteiger partial charge in [0.05, 0.1) is 0 Å². The summed E-state index contributed by atoms with van der Waals surface area (Å²) in [5, 5.41) is 0. The van der Waals surface area contributed by atoms with Gasteiger partial charge in [0.2, 0.25) is 0 Å². The average molecular weight is 210 g/mol. The Morgan fingerprint density at radius 3 is 2.55 bits per heavy atom. The third-order valence-electron chi connectivity index (χ3n) is 1.46. The van der Waals surface area contributed by atoms with E-state index in [-0.39, 0.29) is 0 Å². The van der Waals surface area contributed by atoms with Crippen LogP contribution in [0.4, 0.5) is 0 Å². The molecule has 0 amide bonds. The van der Waals surface area contributed by atoms with Gasteiger partial charge in [0.15, 0.2) is 0 Å². The summed E-state index contributed by atoms with van der Waals surface area (Å²) in [6.45, 7) is 2.18. The Morgan fingerprint density at radius 1 is 1.27 bits per heavy atom. The van der Waals surface area contributed by atoms with Crippen molar-refractivity contribution in [2.75, 3.05) is 11.5 Å². The van der Waals surface area contributed by atoms with Crippen molar-refractivity contribution < 1.29 is 0 Å². The van der Waals surface area contributed by atoms with Crippen molar-refractivity contribution in [3.63, 3.8) is 0 Å². The Kier molecular flexibility index (Phi) is 10.0. The van der Waals surface area contributed by atoms with E-state index in [1.165, 1.54) is 31.4 Å². The summed E-state index contributed by atoms with van der Waals surface area (Å²) in [5.41, 5.74) is 0. The maximum atomic E-state index is 4.40. The number of rotatable bonds is 7. The topological polar surface area (TPSA) is 0 Å². The molecular weight excluding hydrogens is 192 g/mol. The Bertz CT molecular complexity index is 75.7. The minimum atomic E-state index is 0.547. The van der Waals surface area contributed by atoms with Crippen LogP contribution in [0.3, 0.4) is 0 Å². The second kappa shape index (κ2) is 9.14. The minimum Gasteiger partial charge on any atom is -0.179 e. The summed E-state index contributed by atoms with van der Waals surface area (Å²) < 4.78 is 0.547. The average Bonchev–Trinajstić information content (AvgIpc) is 2.04. The highest BCUT2D eigenvalue weighted by Crippen LogP contribution is 2.19. The van der Waals surface area contributed by atoms with Crippen LogP contribution in [0.1, 0.15) is 32.6 Å². The van der Waals surface area contributed by atoms with Gasteiger partial charge in [-0.1, -0.05) is 13.3 Å². The molecule has 0 bridgehead atoms. The molecule has 0 aromatic rings. The van der Waals surface area contributed by atoms with E-state index in [0.29, 0.717) is 4.58 Å². The first-order valence-corrected chi connectivity index (χ1v) is 6.41. The van der Waals surface area contributed by atoms with Crippen molar-refractivity contribution in [2.24, 2.45) is 0 Å². The molecule has 1 unspecified atom stereocenters.